The molecule has 0 unspecified atom stereocenters. The Labute approximate surface area is 141 Å². The van der Waals surface area contributed by atoms with Crippen molar-refractivity contribution in [1.29, 1.82) is 0 Å². The van der Waals surface area contributed by atoms with Crippen molar-refractivity contribution >= 4 is 37.6 Å². The molecule has 0 atom stereocenters. The highest BCUT2D eigenvalue weighted by molar-refractivity contribution is 9.10. The van der Waals surface area contributed by atoms with Gasteiger partial charge < -0.3 is 0 Å². The minimum Gasteiger partial charge on any atom is -0.207 e. The average molecular weight is 397 g/mol. The first-order valence-electron chi connectivity index (χ1n) is 7.20. The molecule has 0 bridgehead atoms. The lowest BCUT2D eigenvalue weighted by atomic mass is 10.1. The van der Waals surface area contributed by atoms with Gasteiger partial charge in [0.25, 0.3) is 0 Å². The normalized spacial score (nSPS) is 12.6. The molecule has 6 heteroatoms. The van der Waals surface area contributed by atoms with Crippen molar-refractivity contribution in [2.24, 2.45) is 5.92 Å². The van der Waals surface area contributed by atoms with Crippen LogP contribution in [0.3, 0.4) is 0 Å². The number of hydrogen-bond donors (Lipinski definition) is 0. The van der Waals surface area contributed by atoms with Crippen LogP contribution in [0.15, 0.2) is 27.6 Å². The van der Waals surface area contributed by atoms with Crippen LogP contribution in [-0.2, 0) is 10.0 Å². The summed E-state index contributed by atoms with van der Waals surface area (Å²) in [7, 11) is -3.51. The Morgan fingerprint density at radius 1 is 1.24 bits per heavy atom. The van der Waals surface area contributed by atoms with E-state index in [4.69, 9.17) is 11.6 Å². The van der Waals surface area contributed by atoms with E-state index in [1.54, 1.807) is 22.5 Å². The fraction of sp³-hybridized carbons (Fsp3) is 0.600. The second-order valence-corrected chi connectivity index (χ2v) is 8.67. The van der Waals surface area contributed by atoms with Crippen LogP contribution in [0, 0.1) is 5.92 Å². The zero-order chi connectivity index (χ0) is 16.2. The summed E-state index contributed by atoms with van der Waals surface area (Å²) in [4.78, 5) is 0.284. The van der Waals surface area contributed by atoms with E-state index in [9.17, 15) is 8.42 Å². The summed E-state index contributed by atoms with van der Waals surface area (Å²) in [5, 5.41) is 0.506. The molecule has 21 heavy (non-hydrogen) atoms. The Morgan fingerprint density at radius 2 is 1.81 bits per heavy atom. The summed E-state index contributed by atoms with van der Waals surface area (Å²) < 4.78 is 28.1. The zero-order valence-corrected chi connectivity index (χ0v) is 16.1. The van der Waals surface area contributed by atoms with Crippen LogP contribution < -0.4 is 0 Å². The van der Waals surface area contributed by atoms with Gasteiger partial charge in [-0.15, -0.1) is 0 Å². The van der Waals surface area contributed by atoms with Gasteiger partial charge in [-0.3, -0.25) is 0 Å². The largest absolute Gasteiger partial charge is 0.243 e. The maximum Gasteiger partial charge on any atom is 0.243 e. The second kappa shape index (κ2) is 7.95. The molecular formula is C15H23BrClNO2S. The third-order valence-corrected chi connectivity index (χ3v) is 6.52. The molecular weight excluding hydrogens is 374 g/mol. The topological polar surface area (TPSA) is 37.4 Å². The predicted octanol–water partition coefficient (Wildman–Crippen LogP) is 4.94. The fourth-order valence-electron chi connectivity index (χ4n) is 2.27. The lowest BCUT2D eigenvalue weighted by molar-refractivity contribution is 0.277. The number of hydrogen-bond acceptors (Lipinski definition) is 2. The molecule has 0 N–H and O–H groups in total. The van der Waals surface area contributed by atoms with Gasteiger partial charge >= 0.3 is 0 Å². The summed E-state index contributed by atoms with van der Waals surface area (Å²) in [6, 6.07) is 4.77. The molecule has 1 aromatic carbocycles. The van der Waals surface area contributed by atoms with Crippen LogP contribution in [0.25, 0.3) is 0 Å². The van der Waals surface area contributed by atoms with Crippen molar-refractivity contribution in [3.8, 4) is 0 Å². The third kappa shape index (κ3) is 4.68. The van der Waals surface area contributed by atoms with Gasteiger partial charge in [-0.05, 0) is 52.9 Å². The Hall–Kier alpha value is -0.100. The Balaban J connectivity index is 3.28. The highest BCUT2D eigenvalue weighted by Gasteiger charge is 2.30. The molecule has 0 aliphatic rings. The van der Waals surface area contributed by atoms with E-state index in [0.717, 1.165) is 12.8 Å². The van der Waals surface area contributed by atoms with Gasteiger partial charge in [0, 0.05) is 17.1 Å². The molecule has 0 aromatic heterocycles. The third-order valence-electron chi connectivity index (χ3n) is 3.39. The zero-order valence-electron chi connectivity index (χ0n) is 12.9. The number of sulfonamides is 1. The van der Waals surface area contributed by atoms with Crippen LogP contribution in [0.2, 0.25) is 5.02 Å². The van der Waals surface area contributed by atoms with Gasteiger partial charge in [0.2, 0.25) is 10.0 Å². The summed E-state index contributed by atoms with van der Waals surface area (Å²) in [6.07, 6.45) is 1.61. The molecule has 0 spiro atoms. The summed E-state index contributed by atoms with van der Waals surface area (Å²) in [5.41, 5.74) is 0. The van der Waals surface area contributed by atoms with E-state index < -0.39 is 10.0 Å². The summed E-state index contributed by atoms with van der Waals surface area (Å²) in [5.74, 6) is 0.274. The first-order valence-corrected chi connectivity index (χ1v) is 9.82. The molecule has 0 fully saturated rings. The van der Waals surface area contributed by atoms with Crippen molar-refractivity contribution in [1.82, 2.24) is 4.31 Å². The maximum atomic E-state index is 13.0. The standard InChI is InChI=1S/C15H23BrClNO2S/c1-5-12(6-2)18(10-11(3)4)21(19,20)13-7-8-15(17)14(16)9-13/h7-9,11-12H,5-6,10H2,1-4H3. The molecule has 0 amide bonds. The molecule has 0 radical (unpaired) electrons. The number of rotatable bonds is 7. The van der Waals surface area contributed by atoms with E-state index in [-0.39, 0.29) is 16.9 Å². The van der Waals surface area contributed by atoms with Crippen molar-refractivity contribution in [2.75, 3.05) is 6.54 Å². The minimum absolute atomic E-state index is 0.0202. The van der Waals surface area contributed by atoms with E-state index in [0.29, 0.717) is 16.0 Å². The first kappa shape index (κ1) is 18.9. The Kier molecular flexibility index (Phi) is 7.17. The molecule has 3 nitrogen and oxygen atoms in total. The predicted molar refractivity (Wildman–Crippen MR) is 92.3 cm³/mol. The SMILES string of the molecule is CCC(CC)N(CC(C)C)S(=O)(=O)c1ccc(Cl)c(Br)c1. The van der Waals surface area contributed by atoms with Gasteiger partial charge in [0.05, 0.1) is 9.92 Å². The lowest BCUT2D eigenvalue weighted by Gasteiger charge is -2.31. The van der Waals surface area contributed by atoms with Gasteiger partial charge in [-0.1, -0.05) is 39.3 Å². The molecule has 1 rings (SSSR count). The van der Waals surface area contributed by atoms with Crippen molar-refractivity contribution in [3.05, 3.63) is 27.7 Å². The van der Waals surface area contributed by atoms with Crippen LogP contribution >= 0.6 is 27.5 Å². The van der Waals surface area contributed by atoms with Crippen LogP contribution in [0.5, 0.6) is 0 Å². The lowest BCUT2D eigenvalue weighted by Crippen LogP contribution is -2.41. The fourth-order valence-corrected chi connectivity index (χ4v) is 4.88. The molecule has 120 valence electrons. The van der Waals surface area contributed by atoms with E-state index >= 15 is 0 Å². The van der Waals surface area contributed by atoms with E-state index in [1.807, 2.05) is 27.7 Å². The molecule has 0 heterocycles. The molecule has 0 aliphatic carbocycles. The number of nitrogens with zero attached hydrogens (tertiary/aromatic N) is 1. The number of halogens is 2. The number of benzene rings is 1. The van der Waals surface area contributed by atoms with Crippen LogP contribution in [0.1, 0.15) is 40.5 Å². The van der Waals surface area contributed by atoms with Gasteiger partial charge in [0.1, 0.15) is 0 Å². The highest BCUT2D eigenvalue weighted by atomic mass is 79.9. The molecule has 1 aromatic rings. The molecule has 0 aliphatic heterocycles. The monoisotopic (exact) mass is 395 g/mol. The quantitative estimate of drug-likeness (QED) is 0.654. The maximum absolute atomic E-state index is 13.0. The van der Waals surface area contributed by atoms with Gasteiger partial charge in [-0.2, -0.15) is 4.31 Å². The smallest absolute Gasteiger partial charge is 0.207 e. The summed E-state index contributed by atoms with van der Waals surface area (Å²) >= 11 is 9.25. The average Bonchev–Trinajstić information content (AvgIpc) is 2.41. The van der Waals surface area contributed by atoms with Crippen molar-refractivity contribution in [3.63, 3.8) is 0 Å². The van der Waals surface area contributed by atoms with Crippen molar-refractivity contribution in [2.45, 2.75) is 51.5 Å². The van der Waals surface area contributed by atoms with Crippen LogP contribution in [-0.4, -0.2) is 25.3 Å². The van der Waals surface area contributed by atoms with Gasteiger partial charge in [0.15, 0.2) is 0 Å². The first-order chi connectivity index (χ1) is 9.73. The molecule has 0 saturated heterocycles. The summed E-state index contributed by atoms with van der Waals surface area (Å²) in [6.45, 7) is 8.63. The highest BCUT2D eigenvalue weighted by Crippen LogP contribution is 2.29. The Bertz CT molecular complexity index is 571. The van der Waals surface area contributed by atoms with Crippen LogP contribution in [0.4, 0.5) is 0 Å². The van der Waals surface area contributed by atoms with E-state index in [1.165, 1.54) is 0 Å². The van der Waals surface area contributed by atoms with E-state index in [2.05, 4.69) is 15.9 Å². The Morgan fingerprint density at radius 3 is 2.24 bits per heavy atom. The van der Waals surface area contributed by atoms with Gasteiger partial charge in [-0.25, -0.2) is 8.42 Å². The minimum atomic E-state index is -3.51. The van der Waals surface area contributed by atoms with Crippen molar-refractivity contribution < 1.29 is 8.42 Å². The molecule has 0 saturated carbocycles. The second-order valence-electron chi connectivity index (χ2n) is 5.51.